The molecule has 2 N–H and O–H groups in total. The number of pyridine rings is 1. The Morgan fingerprint density at radius 2 is 1.79 bits per heavy atom. The number of Topliss-reactive ketones (excluding diaryl/α,β-unsaturated/α-hetero) is 1. The maximum Gasteiger partial charge on any atom is 0.410 e. The molecule has 1 amide bonds. The quantitative estimate of drug-likeness (QED) is 0.472. The molecule has 1 aliphatic carbocycles. The van der Waals surface area contributed by atoms with Crippen molar-refractivity contribution in [2.75, 3.05) is 41.7 Å². The van der Waals surface area contributed by atoms with Crippen LogP contribution in [-0.4, -0.2) is 69.6 Å². The number of aryl methyl sites for hydroxylation is 1. The van der Waals surface area contributed by atoms with Gasteiger partial charge in [0.15, 0.2) is 0 Å². The minimum atomic E-state index is -0.494. The third-order valence-corrected chi connectivity index (χ3v) is 6.91. The zero-order valence-electron chi connectivity index (χ0n) is 23.1. The number of rotatable bonds is 9. The fourth-order valence-electron chi connectivity index (χ4n) is 4.72. The Hall–Kier alpha value is -3.43. The standard InChI is InChI=1S/C28H41N7O3/c1-5-23(36)12-10-20-18-30-26(33-25(20)31-21-8-6-7-9-21)32-24-13-11-22(19-29-24)34-14-16-35(17-15-34)27(37)38-28(2,3)4/h11,13,18-19,21H,5-10,12,14-17H2,1-4H3,(H2,29,30,31,32,33). The van der Waals surface area contributed by atoms with Crippen molar-refractivity contribution in [3.05, 3.63) is 30.1 Å². The van der Waals surface area contributed by atoms with Gasteiger partial charge in [-0.2, -0.15) is 4.98 Å². The number of carbonyl (C=O) groups is 2. The molecule has 2 aromatic heterocycles. The van der Waals surface area contributed by atoms with Crippen LogP contribution in [0.5, 0.6) is 0 Å². The Morgan fingerprint density at radius 1 is 1.05 bits per heavy atom. The highest BCUT2D eigenvalue weighted by Gasteiger charge is 2.26. The van der Waals surface area contributed by atoms with Crippen molar-refractivity contribution < 1.29 is 14.3 Å². The van der Waals surface area contributed by atoms with E-state index in [0.29, 0.717) is 50.2 Å². The summed E-state index contributed by atoms with van der Waals surface area (Å²) in [5.74, 6) is 2.18. The van der Waals surface area contributed by atoms with Crippen LogP contribution in [0.15, 0.2) is 24.5 Å². The molecule has 0 bridgehead atoms. The first kappa shape index (κ1) is 27.6. The van der Waals surface area contributed by atoms with E-state index in [1.54, 1.807) is 4.90 Å². The van der Waals surface area contributed by atoms with Crippen molar-refractivity contribution in [3.63, 3.8) is 0 Å². The molecule has 1 saturated carbocycles. The first-order valence-electron chi connectivity index (χ1n) is 13.8. The molecule has 1 aliphatic heterocycles. The Bertz CT molecular complexity index is 1090. The second-order valence-electron chi connectivity index (χ2n) is 11.1. The summed E-state index contributed by atoms with van der Waals surface area (Å²) in [6.07, 6.45) is 9.78. The van der Waals surface area contributed by atoms with Crippen LogP contribution in [0.4, 0.5) is 28.1 Å². The summed E-state index contributed by atoms with van der Waals surface area (Å²) in [4.78, 5) is 42.0. The van der Waals surface area contributed by atoms with Gasteiger partial charge in [0.1, 0.15) is 23.0 Å². The molecule has 0 atom stereocenters. The van der Waals surface area contributed by atoms with E-state index in [9.17, 15) is 9.59 Å². The SMILES string of the molecule is CCC(=O)CCc1cnc(Nc2ccc(N3CCN(C(=O)OC(C)(C)C)CC3)cn2)nc1NC1CCCC1. The number of ether oxygens (including phenoxy) is 1. The molecule has 38 heavy (non-hydrogen) atoms. The van der Waals surface area contributed by atoms with Gasteiger partial charge in [0.05, 0.1) is 11.9 Å². The highest BCUT2D eigenvalue weighted by Crippen LogP contribution is 2.26. The predicted octanol–water partition coefficient (Wildman–Crippen LogP) is 4.94. The number of nitrogens with one attached hydrogen (secondary N) is 2. The van der Waals surface area contributed by atoms with Crippen molar-refractivity contribution in [1.29, 1.82) is 0 Å². The molecule has 0 spiro atoms. The van der Waals surface area contributed by atoms with E-state index >= 15 is 0 Å². The number of nitrogens with zero attached hydrogens (tertiary/aromatic N) is 5. The lowest BCUT2D eigenvalue weighted by atomic mass is 10.1. The van der Waals surface area contributed by atoms with Crippen molar-refractivity contribution in [2.24, 2.45) is 0 Å². The van der Waals surface area contributed by atoms with E-state index in [1.807, 2.05) is 52.2 Å². The molecular weight excluding hydrogens is 482 g/mol. The van der Waals surface area contributed by atoms with Gasteiger partial charge < -0.3 is 25.2 Å². The Balaban J connectivity index is 1.36. The van der Waals surface area contributed by atoms with Gasteiger partial charge >= 0.3 is 6.09 Å². The van der Waals surface area contributed by atoms with Gasteiger partial charge in [-0.3, -0.25) is 4.79 Å². The second-order valence-corrected chi connectivity index (χ2v) is 11.1. The van der Waals surface area contributed by atoms with Gasteiger partial charge in [-0.15, -0.1) is 0 Å². The number of hydrogen-bond acceptors (Lipinski definition) is 9. The van der Waals surface area contributed by atoms with Gasteiger partial charge in [0.25, 0.3) is 0 Å². The summed E-state index contributed by atoms with van der Waals surface area (Å²) in [5, 5.41) is 6.81. The van der Waals surface area contributed by atoms with Gasteiger partial charge in [0, 0.05) is 56.8 Å². The molecule has 0 unspecified atom stereocenters. The number of ketones is 1. The molecule has 3 heterocycles. The van der Waals surface area contributed by atoms with Crippen LogP contribution in [0.3, 0.4) is 0 Å². The number of anilines is 4. The molecule has 4 rings (SSSR count). The van der Waals surface area contributed by atoms with Gasteiger partial charge in [-0.05, 0) is 52.2 Å². The average molecular weight is 524 g/mol. The maximum atomic E-state index is 12.3. The molecule has 2 aromatic rings. The van der Waals surface area contributed by atoms with Crippen LogP contribution in [0, 0.1) is 0 Å². The Morgan fingerprint density at radius 3 is 2.42 bits per heavy atom. The smallest absolute Gasteiger partial charge is 0.410 e. The van der Waals surface area contributed by atoms with Crippen LogP contribution in [-0.2, 0) is 16.0 Å². The van der Waals surface area contributed by atoms with E-state index < -0.39 is 5.60 Å². The summed E-state index contributed by atoms with van der Waals surface area (Å²) >= 11 is 0. The number of carbonyl (C=O) groups excluding carboxylic acids is 2. The van der Waals surface area contributed by atoms with Crippen LogP contribution >= 0.6 is 0 Å². The van der Waals surface area contributed by atoms with Crippen molar-refractivity contribution in [2.45, 2.75) is 84.3 Å². The molecule has 1 saturated heterocycles. The third kappa shape index (κ3) is 7.79. The summed E-state index contributed by atoms with van der Waals surface area (Å²) in [7, 11) is 0. The molecule has 10 heteroatoms. The monoisotopic (exact) mass is 523 g/mol. The van der Waals surface area contributed by atoms with Crippen molar-refractivity contribution in [3.8, 4) is 0 Å². The lowest BCUT2D eigenvalue weighted by Gasteiger charge is -2.36. The predicted molar refractivity (Wildman–Crippen MR) is 149 cm³/mol. The first-order chi connectivity index (χ1) is 18.2. The molecule has 0 radical (unpaired) electrons. The van der Waals surface area contributed by atoms with Gasteiger partial charge in [0.2, 0.25) is 5.95 Å². The lowest BCUT2D eigenvalue weighted by Crippen LogP contribution is -2.50. The highest BCUT2D eigenvalue weighted by atomic mass is 16.6. The van der Waals surface area contributed by atoms with E-state index in [2.05, 4.69) is 25.5 Å². The Kier molecular flexibility index (Phi) is 9.01. The van der Waals surface area contributed by atoms with Crippen LogP contribution in [0.1, 0.15) is 71.8 Å². The Labute approximate surface area is 225 Å². The minimum Gasteiger partial charge on any atom is -0.444 e. The zero-order valence-corrected chi connectivity index (χ0v) is 23.1. The second kappa shape index (κ2) is 12.4. The maximum absolute atomic E-state index is 12.3. The fraction of sp³-hybridized carbons (Fsp3) is 0.607. The average Bonchev–Trinajstić information content (AvgIpc) is 3.41. The molecule has 0 aromatic carbocycles. The zero-order chi connectivity index (χ0) is 27.1. The topological polar surface area (TPSA) is 113 Å². The summed E-state index contributed by atoms with van der Waals surface area (Å²) < 4.78 is 5.49. The molecule has 2 fully saturated rings. The van der Waals surface area contributed by atoms with E-state index in [4.69, 9.17) is 9.72 Å². The number of hydrogen-bond donors (Lipinski definition) is 2. The minimum absolute atomic E-state index is 0.245. The number of aromatic nitrogens is 3. The number of piperazine rings is 1. The summed E-state index contributed by atoms with van der Waals surface area (Å²) in [6.45, 7) is 10.2. The fourth-order valence-corrected chi connectivity index (χ4v) is 4.72. The van der Waals surface area contributed by atoms with Gasteiger partial charge in [-0.1, -0.05) is 19.8 Å². The summed E-state index contributed by atoms with van der Waals surface area (Å²) in [6, 6.07) is 4.34. The first-order valence-corrected chi connectivity index (χ1v) is 13.8. The van der Waals surface area contributed by atoms with E-state index in [-0.39, 0.29) is 11.9 Å². The normalized spacial score (nSPS) is 16.4. The highest BCUT2D eigenvalue weighted by molar-refractivity contribution is 5.78. The van der Waals surface area contributed by atoms with E-state index in [1.165, 1.54) is 12.8 Å². The third-order valence-electron chi connectivity index (χ3n) is 6.91. The molecular formula is C28H41N7O3. The van der Waals surface area contributed by atoms with Crippen molar-refractivity contribution in [1.82, 2.24) is 19.9 Å². The van der Waals surface area contributed by atoms with E-state index in [0.717, 1.165) is 43.0 Å². The molecule has 206 valence electrons. The summed E-state index contributed by atoms with van der Waals surface area (Å²) in [5.41, 5.74) is 1.48. The van der Waals surface area contributed by atoms with Crippen molar-refractivity contribution >= 4 is 35.1 Å². The molecule has 10 nitrogen and oxygen atoms in total. The molecule has 2 aliphatic rings. The number of amides is 1. The lowest BCUT2D eigenvalue weighted by molar-refractivity contribution is -0.118. The van der Waals surface area contributed by atoms with Crippen LogP contribution in [0.2, 0.25) is 0 Å². The van der Waals surface area contributed by atoms with Crippen LogP contribution < -0.4 is 15.5 Å². The van der Waals surface area contributed by atoms with Gasteiger partial charge in [-0.25, -0.2) is 14.8 Å². The largest absolute Gasteiger partial charge is 0.444 e. The van der Waals surface area contributed by atoms with Crippen LogP contribution in [0.25, 0.3) is 0 Å².